The van der Waals surface area contributed by atoms with Gasteiger partial charge in [-0.2, -0.15) is 0 Å². The SMILES string of the molecule is COC1=CC(=C(SC)SC)/C(=N/O)N1c1ccccc1. The van der Waals surface area contributed by atoms with Gasteiger partial charge in [0, 0.05) is 11.6 Å². The van der Waals surface area contributed by atoms with Crippen molar-refractivity contribution < 1.29 is 9.94 Å². The molecule has 1 aliphatic rings. The molecule has 0 saturated carbocycles. The normalized spacial score (nSPS) is 16.6. The Morgan fingerprint density at radius 2 is 1.85 bits per heavy atom. The van der Waals surface area contributed by atoms with Crippen LogP contribution in [0, 0.1) is 0 Å². The molecule has 1 aromatic carbocycles. The minimum absolute atomic E-state index is 0.478. The molecule has 0 atom stereocenters. The van der Waals surface area contributed by atoms with Crippen molar-refractivity contribution in [2.75, 3.05) is 24.5 Å². The Kier molecular flexibility index (Phi) is 5.03. The molecule has 1 aliphatic heterocycles. The lowest BCUT2D eigenvalue weighted by Crippen LogP contribution is -2.26. The van der Waals surface area contributed by atoms with Gasteiger partial charge in [-0.1, -0.05) is 23.4 Å². The lowest BCUT2D eigenvalue weighted by Gasteiger charge is -2.21. The van der Waals surface area contributed by atoms with Crippen molar-refractivity contribution in [3.8, 4) is 0 Å². The van der Waals surface area contributed by atoms with Crippen molar-refractivity contribution in [2.24, 2.45) is 5.16 Å². The van der Waals surface area contributed by atoms with Gasteiger partial charge in [0.25, 0.3) is 0 Å². The lowest BCUT2D eigenvalue weighted by atomic mass is 10.2. The molecule has 0 fully saturated rings. The molecule has 0 bridgehead atoms. The molecule has 0 aliphatic carbocycles. The molecule has 6 heteroatoms. The van der Waals surface area contributed by atoms with E-state index in [4.69, 9.17) is 4.74 Å². The van der Waals surface area contributed by atoms with Gasteiger partial charge in [-0.25, -0.2) is 0 Å². The van der Waals surface area contributed by atoms with E-state index >= 15 is 0 Å². The van der Waals surface area contributed by atoms with Crippen molar-refractivity contribution in [2.45, 2.75) is 0 Å². The van der Waals surface area contributed by atoms with Crippen LogP contribution in [0.2, 0.25) is 0 Å². The number of hydrogen-bond donors (Lipinski definition) is 1. The number of methoxy groups -OCH3 is 1. The number of ether oxygens (including phenoxy) is 1. The van der Waals surface area contributed by atoms with Gasteiger partial charge in [0.15, 0.2) is 11.7 Å². The number of thioether (sulfide) groups is 2. The number of rotatable bonds is 4. The summed E-state index contributed by atoms with van der Waals surface area (Å²) in [6, 6.07) is 9.70. The molecular weight excluding hydrogens is 292 g/mol. The molecule has 1 heterocycles. The van der Waals surface area contributed by atoms with Gasteiger partial charge >= 0.3 is 0 Å². The van der Waals surface area contributed by atoms with Crippen molar-refractivity contribution in [3.05, 3.63) is 52.1 Å². The molecule has 2 rings (SSSR count). The van der Waals surface area contributed by atoms with Crippen LogP contribution in [-0.4, -0.2) is 30.7 Å². The molecule has 20 heavy (non-hydrogen) atoms. The fourth-order valence-corrected chi connectivity index (χ4v) is 3.41. The van der Waals surface area contributed by atoms with E-state index in [0.717, 1.165) is 15.5 Å². The Hall–Kier alpha value is -1.53. The van der Waals surface area contributed by atoms with E-state index in [1.54, 1.807) is 35.5 Å². The van der Waals surface area contributed by atoms with Crippen LogP contribution in [0.25, 0.3) is 0 Å². The van der Waals surface area contributed by atoms with E-state index in [1.165, 1.54) is 0 Å². The number of nitrogens with zero attached hydrogens (tertiary/aromatic N) is 2. The molecule has 0 saturated heterocycles. The zero-order chi connectivity index (χ0) is 14.5. The van der Waals surface area contributed by atoms with E-state index in [2.05, 4.69) is 5.16 Å². The molecule has 0 aromatic heterocycles. The molecule has 1 aromatic rings. The van der Waals surface area contributed by atoms with Crippen LogP contribution in [0.1, 0.15) is 0 Å². The summed E-state index contributed by atoms with van der Waals surface area (Å²) in [6.07, 6.45) is 5.89. The van der Waals surface area contributed by atoms with Crippen LogP contribution >= 0.6 is 23.5 Å². The second kappa shape index (κ2) is 6.76. The van der Waals surface area contributed by atoms with Gasteiger partial charge in [-0.15, -0.1) is 23.5 Å². The maximum atomic E-state index is 9.43. The summed E-state index contributed by atoms with van der Waals surface area (Å²) in [4.78, 5) is 1.79. The van der Waals surface area contributed by atoms with Crippen molar-refractivity contribution in [3.63, 3.8) is 0 Å². The molecule has 0 amide bonds. The van der Waals surface area contributed by atoms with Crippen LogP contribution in [0.5, 0.6) is 0 Å². The maximum absolute atomic E-state index is 9.43. The number of hydrogen-bond acceptors (Lipinski definition) is 5. The standard InChI is InChI=1S/C14H16N2O2S2/c1-18-12-9-11(14(19-2)20-3)13(15-17)16(12)10-7-5-4-6-8-10/h4-9,17H,1-3H3/b15-13-. The zero-order valence-corrected chi connectivity index (χ0v) is 13.2. The number of amidine groups is 1. The Bertz CT molecular complexity index is 562. The number of oxime groups is 1. The fraction of sp³-hybridized carbons (Fsp3) is 0.214. The first-order valence-corrected chi connectivity index (χ1v) is 8.37. The predicted octanol–water partition coefficient (Wildman–Crippen LogP) is 3.72. The average Bonchev–Trinajstić information content (AvgIpc) is 2.88. The Labute approximate surface area is 127 Å². The zero-order valence-electron chi connectivity index (χ0n) is 11.5. The van der Waals surface area contributed by atoms with E-state index < -0.39 is 0 Å². The van der Waals surface area contributed by atoms with Gasteiger partial charge in [-0.3, -0.25) is 4.90 Å². The largest absolute Gasteiger partial charge is 0.482 e. The highest BCUT2D eigenvalue weighted by Crippen LogP contribution is 2.36. The molecule has 0 unspecified atom stereocenters. The van der Waals surface area contributed by atoms with Gasteiger partial charge in [-0.05, 0) is 24.6 Å². The fourth-order valence-electron chi connectivity index (χ4n) is 2.01. The predicted molar refractivity (Wildman–Crippen MR) is 87.3 cm³/mol. The lowest BCUT2D eigenvalue weighted by molar-refractivity contribution is 0.287. The summed E-state index contributed by atoms with van der Waals surface area (Å²) in [6.45, 7) is 0. The highest BCUT2D eigenvalue weighted by Gasteiger charge is 2.31. The molecule has 4 nitrogen and oxygen atoms in total. The van der Waals surface area contributed by atoms with Gasteiger partial charge in [0.05, 0.1) is 17.0 Å². The van der Waals surface area contributed by atoms with Crippen LogP contribution in [-0.2, 0) is 4.74 Å². The third-order valence-electron chi connectivity index (χ3n) is 2.85. The van der Waals surface area contributed by atoms with Crippen LogP contribution in [0.3, 0.4) is 0 Å². The summed E-state index contributed by atoms with van der Waals surface area (Å²) in [5, 5.41) is 12.9. The first-order chi connectivity index (χ1) is 9.76. The minimum atomic E-state index is 0.478. The quantitative estimate of drug-likeness (QED) is 0.678. The first-order valence-electron chi connectivity index (χ1n) is 5.92. The molecule has 106 valence electrons. The monoisotopic (exact) mass is 308 g/mol. The minimum Gasteiger partial charge on any atom is -0.482 e. The number of para-hydroxylation sites is 1. The summed E-state index contributed by atoms with van der Waals surface area (Å²) in [5.41, 5.74) is 1.76. The van der Waals surface area contributed by atoms with E-state index in [-0.39, 0.29) is 0 Å². The van der Waals surface area contributed by atoms with Gasteiger partial charge < -0.3 is 9.94 Å². The molecule has 0 radical (unpaired) electrons. The highest BCUT2D eigenvalue weighted by molar-refractivity contribution is 8.21. The van der Waals surface area contributed by atoms with Gasteiger partial charge in [0.2, 0.25) is 0 Å². The Morgan fingerprint density at radius 1 is 1.20 bits per heavy atom. The highest BCUT2D eigenvalue weighted by atomic mass is 32.2. The van der Waals surface area contributed by atoms with Gasteiger partial charge in [0.1, 0.15) is 0 Å². The third-order valence-corrected chi connectivity index (χ3v) is 5.03. The maximum Gasteiger partial charge on any atom is 0.200 e. The van der Waals surface area contributed by atoms with Crippen LogP contribution < -0.4 is 4.90 Å². The third kappa shape index (κ3) is 2.66. The summed E-state index contributed by atoms with van der Waals surface area (Å²) < 4.78 is 6.50. The Morgan fingerprint density at radius 3 is 2.35 bits per heavy atom. The van der Waals surface area contributed by atoms with Crippen molar-refractivity contribution in [1.29, 1.82) is 0 Å². The summed E-state index contributed by atoms with van der Waals surface area (Å²) in [5.74, 6) is 1.12. The first kappa shape index (κ1) is 14.9. The Balaban J connectivity index is 2.54. The van der Waals surface area contributed by atoms with Crippen molar-refractivity contribution >= 4 is 35.0 Å². The average molecular weight is 308 g/mol. The summed E-state index contributed by atoms with van der Waals surface area (Å²) in [7, 11) is 1.61. The molecular formula is C14H16N2O2S2. The van der Waals surface area contributed by atoms with E-state index in [1.807, 2.05) is 48.9 Å². The number of anilines is 1. The summed E-state index contributed by atoms with van der Waals surface area (Å²) >= 11 is 3.24. The van der Waals surface area contributed by atoms with Crippen LogP contribution in [0.4, 0.5) is 5.69 Å². The van der Waals surface area contributed by atoms with E-state index in [9.17, 15) is 5.21 Å². The smallest absolute Gasteiger partial charge is 0.200 e. The molecule has 1 N–H and O–H groups in total. The number of benzene rings is 1. The molecule has 0 spiro atoms. The van der Waals surface area contributed by atoms with Crippen LogP contribution in [0.15, 0.2) is 57.3 Å². The second-order valence-electron chi connectivity index (χ2n) is 3.89. The van der Waals surface area contributed by atoms with Crippen molar-refractivity contribution in [1.82, 2.24) is 0 Å². The second-order valence-corrected chi connectivity index (χ2v) is 5.78. The topological polar surface area (TPSA) is 45.1 Å². The van der Waals surface area contributed by atoms with E-state index in [0.29, 0.717) is 11.7 Å².